The summed E-state index contributed by atoms with van der Waals surface area (Å²) in [6.07, 6.45) is 1.61. The summed E-state index contributed by atoms with van der Waals surface area (Å²) in [4.78, 5) is 37.4. The Bertz CT molecular complexity index is 1030. The van der Waals surface area contributed by atoms with Crippen molar-refractivity contribution in [1.29, 1.82) is 0 Å². The molecule has 0 unspecified atom stereocenters. The number of methoxy groups -OCH3 is 1. The maximum absolute atomic E-state index is 12.6. The molecule has 0 bridgehead atoms. The molecule has 1 aliphatic heterocycles. The number of carboxylic acid groups (broad SMARTS) is 1. The van der Waals surface area contributed by atoms with Gasteiger partial charge in [-0.05, 0) is 55.4 Å². The SMILES string of the molecule is COc1cccc(/C=C2/SC(=O)N(C(C)C)C2=O)c1OCc1cccc(C(=O)O)c1. The van der Waals surface area contributed by atoms with Gasteiger partial charge in [0.25, 0.3) is 11.1 Å². The maximum atomic E-state index is 12.6. The highest BCUT2D eigenvalue weighted by Gasteiger charge is 2.36. The van der Waals surface area contributed by atoms with Crippen LogP contribution < -0.4 is 9.47 Å². The van der Waals surface area contributed by atoms with Crippen molar-refractivity contribution in [3.63, 3.8) is 0 Å². The van der Waals surface area contributed by atoms with Gasteiger partial charge >= 0.3 is 5.97 Å². The van der Waals surface area contributed by atoms with Gasteiger partial charge in [-0.15, -0.1) is 0 Å². The average Bonchev–Trinajstić information content (AvgIpc) is 3.00. The van der Waals surface area contributed by atoms with Gasteiger partial charge < -0.3 is 14.6 Å². The van der Waals surface area contributed by atoms with E-state index in [0.717, 1.165) is 11.8 Å². The van der Waals surface area contributed by atoms with Gasteiger partial charge in [-0.25, -0.2) is 4.79 Å². The van der Waals surface area contributed by atoms with E-state index in [-0.39, 0.29) is 29.4 Å². The number of carbonyl (C=O) groups excluding carboxylic acids is 2. The van der Waals surface area contributed by atoms with E-state index >= 15 is 0 Å². The summed E-state index contributed by atoms with van der Waals surface area (Å²) in [7, 11) is 1.50. The molecule has 2 aromatic rings. The molecule has 1 aliphatic rings. The number of thioether (sulfide) groups is 1. The fourth-order valence-corrected chi connectivity index (χ4v) is 3.93. The number of rotatable bonds is 7. The quantitative estimate of drug-likeness (QED) is 0.654. The largest absolute Gasteiger partial charge is 0.493 e. The molecule has 0 atom stereocenters. The lowest BCUT2D eigenvalue weighted by atomic mass is 10.1. The fourth-order valence-electron chi connectivity index (χ4n) is 2.98. The van der Waals surface area contributed by atoms with Crippen molar-refractivity contribution in [2.45, 2.75) is 26.5 Å². The lowest BCUT2D eigenvalue weighted by molar-refractivity contribution is -0.123. The Hall–Kier alpha value is -3.26. The Balaban J connectivity index is 1.91. The van der Waals surface area contributed by atoms with Crippen molar-refractivity contribution < 1.29 is 29.0 Å². The highest BCUT2D eigenvalue weighted by molar-refractivity contribution is 8.18. The number of nitrogens with zero attached hydrogens (tertiary/aromatic N) is 1. The second kappa shape index (κ2) is 9.04. The van der Waals surface area contributed by atoms with E-state index in [1.165, 1.54) is 24.1 Å². The molecule has 0 saturated carbocycles. The lowest BCUT2D eigenvalue weighted by Gasteiger charge is -2.16. The summed E-state index contributed by atoms with van der Waals surface area (Å²) in [6, 6.07) is 11.5. The number of hydrogen-bond donors (Lipinski definition) is 1. The number of benzene rings is 2. The predicted octanol–water partition coefficient (Wildman–Crippen LogP) is 4.42. The van der Waals surface area contributed by atoms with E-state index in [2.05, 4.69) is 0 Å². The summed E-state index contributed by atoms with van der Waals surface area (Å²) < 4.78 is 11.3. The number of hydrogen-bond acceptors (Lipinski definition) is 6. The smallest absolute Gasteiger partial charge is 0.335 e. The Morgan fingerprint density at radius 2 is 1.93 bits per heavy atom. The number of carboxylic acids is 1. The molecule has 8 heteroatoms. The number of carbonyl (C=O) groups is 3. The van der Waals surface area contributed by atoms with Crippen LogP contribution in [0.3, 0.4) is 0 Å². The minimum Gasteiger partial charge on any atom is -0.493 e. The minimum atomic E-state index is -1.02. The first-order valence-electron chi connectivity index (χ1n) is 9.21. The predicted molar refractivity (Wildman–Crippen MR) is 114 cm³/mol. The number of amides is 2. The molecule has 1 N–H and O–H groups in total. The van der Waals surface area contributed by atoms with Crippen LogP contribution in [-0.4, -0.2) is 40.3 Å². The van der Waals surface area contributed by atoms with Gasteiger partial charge in [-0.2, -0.15) is 0 Å². The lowest BCUT2D eigenvalue weighted by Crippen LogP contribution is -2.34. The molecule has 1 heterocycles. The molecule has 1 saturated heterocycles. The summed E-state index contributed by atoms with van der Waals surface area (Å²) in [6.45, 7) is 3.67. The molecular weight excluding hydrogens is 406 g/mol. The van der Waals surface area contributed by atoms with Crippen molar-refractivity contribution in [2.24, 2.45) is 0 Å². The minimum absolute atomic E-state index is 0.107. The third-order valence-electron chi connectivity index (χ3n) is 4.41. The zero-order valence-electron chi connectivity index (χ0n) is 16.7. The van der Waals surface area contributed by atoms with Gasteiger partial charge in [0.1, 0.15) is 6.61 Å². The van der Waals surface area contributed by atoms with E-state index in [0.29, 0.717) is 27.5 Å². The Morgan fingerprint density at radius 3 is 2.57 bits per heavy atom. The fraction of sp³-hybridized carbons (Fsp3) is 0.227. The summed E-state index contributed by atoms with van der Waals surface area (Å²) in [5, 5.41) is 8.84. The van der Waals surface area contributed by atoms with Crippen molar-refractivity contribution in [1.82, 2.24) is 4.90 Å². The van der Waals surface area contributed by atoms with Crippen LogP contribution in [0.15, 0.2) is 47.4 Å². The van der Waals surface area contributed by atoms with E-state index in [1.807, 2.05) is 0 Å². The normalized spacial score (nSPS) is 15.2. The van der Waals surface area contributed by atoms with E-state index < -0.39 is 5.97 Å². The zero-order valence-corrected chi connectivity index (χ0v) is 17.6. The molecule has 2 amide bonds. The van der Waals surface area contributed by atoms with Crippen LogP contribution in [0.4, 0.5) is 4.79 Å². The second-order valence-electron chi connectivity index (χ2n) is 6.82. The highest BCUT2D eigenvalue weighted by atomic mass is 32.2. The molecule has 0 aliphatic carbocycles. The molecule has 30 heavy (non-hydrogen) atoms. The van der Waals surface area contributed by atoms with Crippen molar-refractivity contribution in [3.05, 3.63) is 64.1 Å². The molecule has 2 aromatic carbocycles. The van der Waals surface area contributed by atoms with Crippen LogP contribution in [0.2, 0.25) is 0 Å². The summed E-state index contributed by atoms with van der Waals surface area (Å²) in [5.74, 6) is -0.503. The van der Waals surface area contributed by atoms with Crippen LogP contribution >= 0.6 is 11.8 Å². The van der Waals surface area contributed by atoms with Crippen molar-refractivity contribution in [3.8, 4) is 11.5 Å². The van der Waals surface area contributed by atoms with Gasteiger partial charge in [0.2, 0.25) is 0 Å². The second-order valence-corrected chi connectivity index (χ2v) is 7.81. The van der Waals surface area contributed by atoms with Crippen LogP contribution in [0.1, 0.15) is 35.3 Å². The number of para-hydroxylation sites is 1. The summed E-state index contributed by atoms with van der Waals surface area (Å²) >= 11 is 0.884. The molecule has 0 aromatic heterocycles. The maximum Gasteiger partial charge on any atom is 0.335 e. The Kier molecular flexibility index (Phi) is 6.47. The van der Waals surface area contributed by atoms with E-state index in [4.69, 9.17) is 14.6 Å². The van der Waals surface area contributed by atoms with Crippen LogP contribution in [0.25, 0.3) is 6.08 Å². The van der Waals surface area contributed by atoms with Crippen LogP contribution in [0.5, 0.6) is 11.5 Å². The molecular formula is C22H21NO6S. The standard InChI is InChI=1S/C22H21NO6S/c1-13(2)23-20(24)18(30-22(23)27)11-15-7-5-9-17(28-3)19(15)29-12-14-6-4-8-16(10-14)21(25)26/h4-11,13H,12H2,1-3H3,(H,25,26)/b18-11+. The molecule has 0 spiro atoms. The average molecular weight is 427 g/mol. The van der Waals surface area contributed by atoms with Gasteiger partial charge in [-0.3, -0.25) is 14.5 Å². The Labute approximate surface area is 178 Å². The molecule has 3 rings (SSSR count). The van der Waals surface area contributed by atoms with Gasteiger partial charge in [-0.1, -0.05) is 24.3 Å². The molecule has 7 nitrogen and oxygen atoms in total. The van der Waals surface area contributed by atoms with Gasteiger partial charge in [0.15, 0.2) is 11.5 Å². The van der Waals surface area contributed by atoms with Crippen LogP contribution in [0, 0.1) is 0 Å². The first kappa shape index (κ1) is 21.4. The molecule has 156 valence electrons. The van der Waals surface area contributed by atoms with E-state index in [9.17, 15) is 14.4 Å². The zero-order chi connectivity index (χ0) is 21.8. The van der Waals surface area contributed by atoms with Crippen molar-refractivity contribution >= 4 is 35.0 Å². The number of imide groups is 1. The Morgan fingerprint density at radius 1 is 1.20 bits per heavy atom. The molecule has 0 radical (unpaired) electrons. The van der Waals surface area contributed by atoms with Gasteiger partial charge in [0, 0.05) is 11.6 Å². The van der Waals surface area contributed by atoms with E-state index in [1.54, 1.807) is 50.3 Å². The first-order valence-corrected chi connectivity index (χ1v) is 10.0. The third-order valence-corrected chi connectivity index (χ3v) is 5.30. The van der Waals surface area contributed by atoms with Crippen LogP contribution in [-0.2, 0) is 11.4 Å². The van der Waals surface area contributed by atoms with Crippen molar-refractivity contribution in [2.75, 3.05) is 7.11 Å². The van der Waals surface area contributed by atoms with Gasteiger partial charge in [0.05, 0.1) is 17.6 Å². The summed E-state index contributed by atoms with van der Waals surface area (Å²) in [5.41, 5.74) is 1.42. The number of ether oxygens (including phenoxy) is 2. The third kappa shape index (κ3) is 4.49. The molecule has 1 fully saturated rings. The monoisotopic (exact) mass is 427 g/mol. The highest BCUT2D eigenvalue weighted by Crippen LogP contribution is 2.38. The number of aromatic carboxylic acids is 1. The first-order chi connectivity index (χ1) is 14.3. The topological polar surface area (TPSA) is 93.1 Å².